The van der Waals surface area contributed by atoms with E-state index in [2.05, 4.69) is 21.2 Å². The highest BCUT2D eigenvalue weighted by Crippen LogP contribution is 2.32. The number of nitrogens with zero attached hydrogens (tertiary/aromatic N) is 1. The van der Waals surface area contributed by atoms with E-state index in [0.29, 0.717) is 23.6 Å². The third-order valence-corrected chi connectivity index (χ3v) is 5.37. The summed E-state index contributed by atoms with van der Waals surface area (Å²) in [6.45, 7) is 3.59. The predicted octanol–water partition coefficient (Wildman–Crippen LogP) is 4.72. The van der Waals surface area contributed by atoms with E-state index in [9.17, 15) is 9.59 Å². The van der Waals surface area contributed by atoms with E-state index in [4.69, 9.17) is 11.6 Å². The zero-order chi connectivity index (χ0) is 18.1. The minimum atomic E-state index is -0.619. The highest BCUT2D eigenvalue weighted by Gasteiger charge is 2.32. The summed E-state index contributed by atoms with van der Waals surface area (Å²) in [7, 11) is 0. The number of halogens is 2. The van der Waals surface area contributed by atoms with Gasteiger partial charge in [0.25, 0.3) is 0 Å². The molecule has 1 N–H and O–H groups in total. The van der Waals surface area contributed by atoms with Gasteiger partial charge in [-0.05, 0) is 61.7 Å². The molecule has 2 amide bonds. The Kier molecular flexibility index (Phi) is 5.16. The highest BCUT2D eigenvalue weighted by molar-refractivity contribution is 9.10. The molecule has 0 saturated heterocycles. The smallest absolute Gasteiger partial charge is 0.247 e. The van der Waals surface area contributed by atoms with Crippen LogP contribution in [0, 0.1) is 6.92 Å². The number of benzene rings is 2. The summed E-state index contributed by atoms with van der Waals surface area (Å²) in [6.07, 6.45) is 1.09. The average Bonchev–Trinajstić information content (AvgIpc) is 2.58. The molecule has 0 radical (unpaired) electrons. The first-order valence-corrected chi connectivity index (χ1v) is 9.22. The standard InChI is InChI=1S/C19H18BrClN2O2/c1-11-15(21)4-3-5-16(11)22-19(25)12(2)23-17-8-7-14(20)10-13(17)6-9-18(23)24/h3-5,7-8,10,12H,6,9H2,1-2H3,(H,22,25). The molecular weight excluding hydrogens is 404 g/mol. The molecule has 0 saturated carbocycles. The Balaban J connectivity index is 1.87. The highest BCUT2D eigenvalue weighted by atomic mass is 79.9. The van der Waals surface area contributed by atoms with Crippen LogP contribution < -0.4 is 10.2 Å². The minimum absolute atomic E-state index is 0.0414. The lowest BCUT2D eigenvalue weighted by atomic mass is 9.99. The topological polar surface area (TPSA) is 49.4 Å². The van der Waals surface area contributed by atoms with E-state index < -0.39 is 6.04 Å². The van der Waals surface area contributed by atoms with E-state index in [1.54, 1.807) is 30.0 Å². The Bertz CT molecular complexity index is 853. The first kappa shape index (κ1) is 18.0. The van der Waals surface area contributed by atoms with Crippen molar-refractivity contribution in [2.45, 2.75) is 32.7 Å². The van der Waals surface area contributed by atoms with Crippen LogP contribution in [0.1, 0.15) is 24.5 Å². The molecule has 4 nitrogen and oxygen atoms in total. The normalized spacial score (nSPS) is 14.9. The molecule has 1 aliphatic heterocycles. The van der Waals surface area contributed by atoms with Gasteiger partial charge in [0.05, 0.1) is 0 Å². The van der Waals surface area contributed by atoms with Gasteiger partial charge in [-0.25, -0.2) is 0 Å². The maximum absolute atomic E-state index is 12.7. The molecule has 3 rings (SSSR count). The molecule has 0 aromatic heterocycles. The van der Waals surface area contributed by atoms with Crippen molar-refractivity contribution in [3.63, 3.8) is 0 Å². The van der Waals surface area contributed by atoms with Gasteiger partial charge in [0.15, 0.2) is 0 Å². The molecule has 25 heavy (non-hydrogen) atoms. The number of amides is 2. The second-order valence-corrected chi connectivity index (χ2v) is 7.44. The van der Waals surface area contributed by atoms with Gasteiger partial charge in [0.2, 0.25) is 11.8 Å². The molecule has 2 aromatic carbocycles. The number of carbonyl (C=O) groups excluding carboxylic acids is 2. The van der Waals surface area contributed by atoms with Crippen molar-refractivity contribution in [1.29, 1.82) is 0 Å². The number of aryl methyl sites for hydroxylation is 1. The van der Waals surface area contributed by atoms with E-state index in [1.807, 2.05) is 25.1 Å². The van der Waals surface area contributed by atoms with E-state index >= 15 is 0 Å². The molecule has 130 valence electrons. The fourth-order valence-electron chi connectivity index (χ4n) is 3.01. The van der Waals surface area contributed by atoms with Gasteiger partial charge in [-0.3, -0.25) is 14.5 Å². The van der Waals surface area contributed by atoms with Crippen LogP contribution in [-0.2, 0) is 16.0 Å². The van der Waals surface area contributed by atoms with Crippen molar-refractivity contribution < 1.29 is 9.59 Å². The third-order valence-electron chi connectivity index (χ3n) is 4.47. The van der Waals surface area contributed by atoms with E-state index in [0.717, 1.165) is 21.3 Å². The number of hydrogen-bond donors (Lipinski definition) is 1. The first-order valence-electron chi connectivity index (χ1n) is 8.05. The number of nitrogens with one attached hydrogen (secondary N) is 1. The number of rotatable bonds is 3. The summed E-state index contributed by atoms with van der Waals surface area (Å²) in [4.78, 5) is 26.8. The Morgan fingerprint density at radius 2 is 2.04 bits per heavy atom. The van der Waals surface area contributed by atoms with Crippen LogP contribution >= 0.6 is 27.5 Å². The summed E-state index contributed by atoms with van der Waals surface area (Å²) in [5.41, 5.74) is 3.32. The van der Waals surface area contributed by atoms with Crippen LogP contribution in [0.4, 0.5) is 11.4 Å². The maximum Gasteiger partial charge on any atom is 0.247 e. The summed E-state index contributed by atoms with van der Waals surface area (Å²) in [5, 5.41) is 3.48. The van der Waals surface area contributed by atoms with Gasteiger partial charge < -0.3 is 5.32 Å². The van der Waals surface area contributed by atoms with Crippen molar-refractivity contribution in [3.8, 4) is 0 Å². The molecule has 1 atom stereocenters. The minimum Gasteiger partial charge on any atom is -0.324 e. The van der Waals surface area contributed by atoms with Gasteiger partial charge in [-0.15, -0.1) is 0 Å². The predicted molar refractivity (Wildman–Crippen MR) is 104 cm³/mol. The zero-order valence-corrected chi connectivity index (χ0v) is 16.3. The fraction of sp³-hybridized carbons (Fsp3) is 0.263. The third kappa shape index (κ3) is 3.58. The van der Waals surface area contributed by atoms with Gasteiger partial charge in [-0.2, -0.15) is 0 Å². The first-order chi connectivity index (χ1) is 11.9. The van der Waals surface area contributed by atoms with Crippen LogP contribution in [0.3, 0.4) is 0 Å². The lowest BCUT2D eigenvalue weighted by Gasteiger charge is -2.33. The van der Waals surface area contributed by atoms with Crippen molar-refractivity contribution in [3.05, 3.63) is 57.0 Å². The number of anilines is 2. The van der Waals surface area contributed by atoms with Crippen LogP contribution in [0.5, 0.6) is 0 Å². The molecular formula is C19H18BrClN2O2. The Morgan fingerprint density at radius 3 is 2.80 bits per heavy atom. The lowest BCUT2D eigenvalue weighted by molar-refractivity contribution is -0.123. The molecule has 0 aliphatic carbocycles. The molecule has 1 heterocycles. The molecule has 6 heteroatoms. The Labute approximate surface area is 160 Å². The van der Waals surface area contributed by atoms with Crippen LogP contribution in [-0.4, -0.2) is 17.9 Å². The summed E-state index contributed by atoms with van der Waals surface area (Å²) in [5.74, 6) is -0.283. The van der Waals surface area contributed by atoms with Crippen LogP contribution in [0.2, 0.25) is 5.02 Å². The maximum atomic E-state index is 12.7. The number of carbonyl (C=O) groups is 2. The summed E-state index contributed by atoms with van der Waals surface area (Å²) < 4.78 is 0.965. The fourth-order valence-corrected chi connectivity index (χ4v) is 3.59. The van der Waals surface area contributed by atoms with Crippen molar-refractivity contribution >= 4 is 50.7 Å². The second kappa shape index (κ2) is 7.18. The summed E-state index contributed by atoms with van der Waals surface area (Å²) >= 11 is 9.57. The quantitative estimate of drug-likeness (QED) is 0.780. The average molecular weight is 422 g/mol. The van der Waals surface area contributed by atoms with Gasteiger partial charge in [0, 0.05) is 27.3 Å². The molecule has 0 spiro atoms. The number of fused-ring (bicyclic) bond motifs is 1. The monoisotopic (exact) mass is 420 g/mol. The lowest BCUT2D eigenvalue weighted by Crippen LogP contribution is -2.48. The van der Waals surface area contributed by atoms with E-state index in [-0.39, 0.29) is 11.8 Å². The summed E-state index contributed by atoms with van der Waals surface area (Å²) in [6, 6.07) is 10.5. The van der Waals surface area contributed by atoms with Gasteiger partial charge in [0.1, 0.15) is 6.04 Å². The molecule has 1 aliphatic rings. The van der Waals surface area contributed by atoms with Gasteiger partial charge in [-0.1, -0.05) is 33.6 Å². The SMILES string of the molecule is Cc1c(Cl)cccc1NC(=O)C(C)N1C(=O)CCc2cc(Br)ccc21. The van der Waals surface area contributed by atoms with Gasteiger partial charge >= 0.3 is 0 Å². The van der Waals surface area contributed by atoms with E-state index in [1.165, 1.54) is 0 Å². The molecule has 1 unspecified atom stereocenters. The van der Waals surface area contributed by atoms with Crippen LogP contribution in [0.25, 0.3) is 0 Å². The largest absolute Gasteiger partial charge is 0.324 e. The molecule has 0 fully saturated rings. The zero-order valence-electron chi connectivity index (χ0n) is 14.0. The Hall–Kier alpha value is -1.85. The van der Waals surface area contributed by atoms with Crippen molar-refractivity contribution in [1.82, 2.24) is 0 Å². The van der Waals surface area contributed by atoms with Crippen molar-refractivity contribution in [2.24, 2.45) is 0 Å². The molecule has 2 aromatic rings. The van der Waals surface area contributed by atoms with Crippen molar-refractivity contribution in [2.75, 3.05) is 10.2 Å². The molecule has 0 bridgehead atoms. The second-order valence-electron chi connectivity index (χ2n) is 6.11. The number of hydrogen-bond acceptors (Lipinski definition) is 2. The Morgan fingerprint density at radius 1 is 1.28 bits per heavy atom. The van der Waals surface area contributed by atoms with Crippen LogP contribution in [0.15, 0.2) is 40.9 Å².